The molecule has 0 saturated carbocycles. The van der Waals surface area contributed by atoms with Crippen LogP contribution in [0.4, 0.5) is 0 Å². The molecule has 10 heteroatoms. The van der Waals surface area contributed by atoms with Crippen LogP contribution in [0, 0.1) is 6.92 Å². The molecular formula is C21H24N6O3S. The fourth-order valence-corrected chi connectivity index (χ4v) is 4.45. The Morgan fingerprint density at radius 3 is 2.61 bits per heavy atom. The number of hydrogen-bond donors (Lipinski definition) is 1. The quantitative estimate of drug-likeness (QED) is 0.236. The van der Waals surface area contributed by atoms with Gasteiger partial charge in [0.2, 0.25) is 10.0 Å². The van der Waals surface area contributed by atoms with Crippen LogP contribution in [-0.4, -0.2) is 31.1 Å². The minimum atomic E-state index is -3.61. The first-order chi connectivity index (χ1) is 14.8. The summed E-state index contributed by atoms with van der Waals surface area (Å²) in [6, 6.07) is 13.9. The highest BCUT2D eigenvalue weighted by atomic mass is 32.2. The van der Waals surface area contributed by atoms with E-state index in [4.69, 9.17) is 5.53 Å². The van der Waals surface area contributed by atoms with Crippen LogP contribution >= 0.6 is 0 Å². The minimum Gasteiger partial charge on any atom is -0.308 e. The average molecular weight is 441 g/mol. The van der Waals surface area contributed by atoms with Crippen LogP contribution in [-0.2, 0) is 17.1 Å². The Kier molecular flexibility index (Phi) is 7.06. The molecular weight excluding hydrogens is 416 g/mol. The highest BCUT2D eigenvalue weighted by Gasteiger charge is 2.19. The van der Waals surface area contributed by atoms with Gasteiger partial charge in [0.15, 0.2) is 0 Å². The fraction of sp³-hybridized carbons (Fsp3) is 0.333. The van der Waals surface area contributed by atoms with E-state index in [1.54, 1.807) is 31.3 Å². The first-order valence-corrected chi connectivity index (χ1v) is 11.3. The lowest BCUT2D eigenvalue weighted by atomic mass is 9.99. The van der Waals surface area contributed by atoms with Crippen LogP contribution in [0.15, 0.2) is 63.3 Å². The second-order valence-corrected chi connectivity index (χ2v) is 9.08. The Morgan fingerprint density at radius 2 is 1.90 bits per heavy atom. The van der Waals surface area contributed by atoms with Crippen LogP contribution < -0.4 is 10.3 Å². The summed E-state index contributed by atoms with van der Waals surface area (Å²) < 4.78 is 29.0. The lowest BCUT2D eigenvalue weighted by Gasteiger charge is -2.16. The Bertz CT molecular complexity index is 1280. The largest absolute Gasteiger partial charge is 0.308 e. The number of aromatic nitrogens is 2. The van der Waals surface area contributed by atoms with Crippen molar-refractivity contribution in [1.29, 1.82) is 0 Å². The Morgan fingerprint density at radius 1 is 1.19 bits per heavy atom. The first-order valence-electron chi connectivity index (χ1n) is 9.86. The molecule has 0 unspecified atom stereocenters. The summed E-state index contributed by atoms with van der Waals surface area (Å²) in [4.78, 5) is 20.4. The molecule has 3 rings (SSSR count). The number of para-hydroxylation sites is 2. The molecule has 1 aromatic heterocycles. The lowest BCUT2D eigenvalue weighted by Crippen LogP contribution is -2.28. The van der Waals surface area contributed by atoms with Crippen LogP contribution in [0.2, 0.25) is 0 Å². The molecule has 0 radical (unpaired) electrons. The first kappa shape index (κ1) is 22.5. The van der Waals surface area contributed by atoms with Gasteiger partial charge < -0.3 is 4.57 Å². The van der Waals surface area contributed by atoms with Gasteiger partial charge in [-0.3, -0.25) is 4.79 Å². The predicted molar refractivity (Wildman–Crippen MR) is 119 cm³/mol. The number of hydrogen-bond acceptors (Lipinski definition) is 5. The van der Waals surface area contributed by atoms with Gasteiger partial charge in [-0.1, -0.05) is 34.9 Å². The summed E-state index contributed by atoms with van der Waals surface area (Å²) >= 11 is 0. The van der Waals surface area contributed by atoms with Gasteiger partial charge in [0.1, 0.15) is 5.69 Å². The molecule has 162 valence electrons. The zero-order valence-electron chi connectivity index (χ0n) is 17.4. The molecule has 3 aromatic rings. The van der Waals surface area contributed by atoms with Crippen molar-refractivity contribution in [3.63, 3.8) is 0 Å². The molecule has 1 atom stereocenters. The van der Waals surface area contributed by atoms with Crippen molar-refractivity contribution in [3.05, 3.63) is 80.6 Å². The molecule has 0 bridgehead atoms. The fourth-order valence-electron chi connectivity index (χ4n) is 3.37. The van der Waals surface area contributed by atoms with E-state index in [9.17, 15) is 13.2 Å². The van der Waals surface area contributed by atoms with Crippen molar-refractivity contribution in [2.24, 2.45) is 12.2 Å². The van der Waals surface area contributed by atoms with Crippen molar-refractivity contribution in [2.75, 3.05) is 13.1 Å². The number of azide groups is 1. The van der Waals surface area contributed by atoms with E-state index >= 15 is 0 Å². The van der Waals surface area contributed by atoms with Crippen molar-refractivity contribution < 1.29 is 8.42 Å². The third-order valence-corrected chi connectivity index (χ3v) is 6.59. The van der Waals surface area contributed by atoms with E-state index in [1.807, 2.05) is 31.2 Å². The third-order valence-electron chi connectivity index (χ3n) is 5.11. The summed E-state index contributed by atoms with van der Waals surface area (Å²) in [6.45, 7) is 2.15. The highest BCUT2D eigenvalue weighted by molar-refractivity contribution is 7.89. The van der Waals surface area contributed by atoms with E-state index in [1.165, 1.54) is 4.57 Å². The van der Waals surface area contributed by atoms with Gasteiger partial charge in [-0.25, -0.2) is 18.1 Å². The zero-order valence-corrected chi connectivity index (χ0v) is 18.2. The van der Waals surface area contributed by atoms with E-state index in [2.05, 4.69) is 19.7 Å². The Balaban J connectivity index is 1.75. The van der Waals surface area contributed by atoms with Gasteiger partial charge >= 0.3 is 0 Å². The number of benzene rings is 2. The van der Waals surface area contributed by atoms with Gasteiger partial charge in [-0.2, -0.15) is 0 Å². The Hall–Kier alpha value is -3.20. The van der Waals surface area contributed by atoms with E-state index in [0.29, 0.717) is 29.6 Å². The molecule has 0 spiro atoms. The molecule has 0 saturated heterocycles. The van der Waals surface area contributed by atoms with Crippen LogP contribution in [0.5, 0.6) is 0 Å². The molecule has 2 aromatic carbocycles. The lowest BCUT2D eigenvalue weighted by molar-refractivity contribution is 0.553. The molecule has 1 heterocycles. The number of fused-ring (bicyclic) bond motifs is 1. The predicted octanol–water partition coefficient (Wildman–Crippen LogP) is 3.39. The van der Waals surface area contributed by atoms with Crippen LogP contribution in [0.1, 0.15) is 30.0 Å². The summed E-state index contributed by atoms with van der Waals surface area (Å²) in [5.41, 5.74) is 11.2. The molecule has 31 heavy (non-hydrogen) atoms. The molecule has 0 aliphatic carbocycles. The highest BCUT2D eigenvalue weighted by Crippen LogP contribution is 2.20. The minimum absolute atomic E-state index is 0.0712. The van der Waals surface area contributed by atoms with E-state index in [-0.39, 0.29) is 23.5 Å². The molecule has 9 nitrogen and oxygen atoms in total. The number of aryl methyl sites for hydroxylation is 2. The number of nitrogens with one attached hydrogen (secondary N) is 1. The molecule has 0 aliphatic heterocycles. The third kappa shape index (κ3) is 5.29. The van der Waals surface area contributed by atoms with Crippen molar-refractivity contribution in [1.82, 2.24) is 14.3 Å². The van der Waals surface area contributed by atoms with Gasteiger partial charge in [0, 0.05) is 31.0 Å². The van der Waals surface area contributed by atoms with Crippen molar-refractivity contribution >= 4 is 21.1 Å². The molecule has 0 aliphatic rings. The number of rotatable bonds is 9. The van der Waals surface area contributed by atoms with E-state index < -0.39 is 15.9 Å². The van der Waals surface area contributed by atoms with Gasteiger partial charge in [-0.15, -0.1) is 0 Å². The van der Waals surface area contributed by atoms with Crippen LogP contribution in [0.3, 0.4) is 0 Å². The van der Waals surface area contributed by atoms with Crippen molar-refractivity contribution in [3.8, 4) is 0 Å². The topological polar surface area (TPSA) is 130 Å². The average Bonchev–Trinajstić information content (AvgIpc) is 2.76. The number of nitrogens with zero attached hydrogens (tertiary/aromatic N) is 5. The SMILES string of the molecule is Cc1ccc(S(=O)(=O)NCCC[C@H](CN=[N+]=[N-])c2nc3ccccc3n(C)c2=O)cc1. The second kappa shape index (κ2) is 9.74. The molecule has 0 fully saturated rings. The summed E-state index contributed by atoms with van der Waals surface area (Å²) in [6.07, 6.45) is 0.893. The monoisotopic (exact) mass is 440 g/mol. The smallest absolute Gasteiger partial charge is 0.272 e. The zero-order chi connectivity index (χ0) is 22.4. The van der Waals surface area contributed by atoms with Crippen LogP contribution in [0.25, 0.3) is 21.5 Å². The maximum absolute atomic E-state index is 12.8. The summed E-state index contributed by atoms with van der Waals surface area (Å²) in [5.74, 6) is -0.414. The number of sulfonamides is 1. The normalized spacial score (nSPS) is 12.5. The van der Waals surface area contributed by atoms with Gasteiger partial charge in [0.05, 0.1) is 15.9 Å². The van der Waals surface area contributed by atoms with Gasteiger partial charge in [-0.05, 0) is 49.6 Å². The molecule has 0 amide bonds. The maximum Gasteiger partial charge on any atom is 0.272 e. The Labute approximate surface area is 180 Å². The maximum atomic E-state index is 12.8. The van der Waals surface area contributed by atoms with Crippen molar-refractivity contribution in [2.45, 2.75) is 30.6 Å². The summed E-state index contributed by atoms with van der Waals surface area (Å²) in [7, 11) is -1.94. The summed E-state index contributed by atoms with van der Waals surface area (Å²) in [5, 5.41) is 3.64. The van der Waals surface area contributed by atoms with E-state index in [0.717, 1.165) is 5.56 Å². The second-order valence-electron chi connectivity index (χ2n) is 7.31. The molecule has 1 N–H and O–H groups in total. The van der Waals surface area contributed by atoms with Gasteiger partial charge in [0.25, 0.3) is 5.56 Å². The standard InChI is InChI=1S/C21H24N6O3S/c1-15-9-11-17(12-10-15)31(29,30)24-13-5-6-16(14-23-26-22)20-21(28)27(2)19-8-4-3-7-18(19)25-20/h3-4,7-12,16,24H,5-6,13-14H2,1-2H3/t16-/m1/s1.